The number of hydrogen-bond donors (Lipinski definition) is 1. The summed E-state index contributed by atoms with van der Waals surface area (Å²) >= 11 is 5.93. The minimum atomic E-state index is -1.09. The van der Waals surface area contributed by atoms with E-state index >= 15 is 0 Å². The van der Waals surface area contributed by atoms with Gasteiger partial charge in [0.05, 0.1) is 27.8 Å². The Bertz CT molecular complexity index is 853. The summed E-state index contributed by atoms with van der Waals surface area (Å²) in [6.07, 6.45) is -1.09. The lowest BCUT2D eigenvalue weighted by Crippen LogP contribution is -2.30. The van der Waals surface area contributed by atoms with Crippen molar-refractivity contribution in [1.29, 1.82) is 0 Å². The molecule has 0 aliphatic heterocycles. The molecule has 0 saturated carbocycles. The van der Waals surface area contributed by atoms with Crippen LogP contribution in [0.25, 0.3) is 0 Å². The zero-order valence-corrected chi connectivity index (χ0v) is 15.4. The maximum absolute atomic E-state index is 12.2. The first-order chi connectivity index (χ1) is 12.8. The molecule has 8 nitrogen and oxygen atoms in total. The van der Waals surface area contributed by atoms with Crippen LogP contribution in [-0.4, -0.2) is 30.0 Å². The lowest BCUT2D eigenvalue weighted by atomic mass is 10.1. The van der Waals surface area contributed by atoms with Gasteiger partial charge in [-0.2, -0.15) is 0 Å². The van der Waals surface area contributed by atoms with Crippen molar-refractivity contribution in [3.63, 3.8) is 0 Å². The van der Waals surface area contributed by atoms with Crippen molar-refractivity contribution in [2.45, 2.75) is 19.6 Å². The monoisotopic (exact) mass is 392 g/mol. The number of benzene rings is 2. The quantitative estimate of drug-likeness (QED) is 0.438. The highest BCUT2D eigenvalue weighted by Gasteiger charge is 2.20. The van der Waals surface area contributed by atoms with E-state index in [4.69, 9.17) is 21.1 Å². The van der Waals surface area contributed by atoms with Crippen LogP contribution in [0.3, 0.4) is 0 Å². The van der Waals surface area contributed by atoms with Crippen LogP contribution >= 0.6 is 11.6 Å². The molecule has 2 rings (SSSR count). The summed E-state index contributed by atoms with van der Waals surface area (Å²) in [7, 11) is 1.57. The van der Waals surface area contributed by atoms with Crippen LogP contribution in [0.2, 0.25) is 5.02 Å². The highest BCUT2D eigenvalue weighted by molar-refractivity contribution is 6.34. The third-order valence-electron chi connectivity index (χ3n) is 3.58. The Kier molecular flexibility index (Phi) is 6.86. The second-order valence-electron chi connectivity index (χ2n) is 5.59. The molecule has 1 atom stereocenters. The van der Waals surface area contributed by atoms with Crippen LogP contribution < -0.4 is 5.32 Å². The maximum Gasteiger partial charge on any atom is 0.338 e. The van der Waals surface area contributed by atoms with E-state index in [1.807, 2.05) is 0 Å². The number of carbonyl (C=O) groups excluding carboxylic acids is 2. The van der Waals surface area contributed by atoms with Gasteiger partial charge in [0.2, 0.25) is 0 Å². The zero-order valence-electron chi connectivity index (χ0n) is 14.6. The molecule has 0 unspecified atom stereocenters. The van der Waals surface area contributed by atoms with Gasteiger partial charge in [-0.1, -0.05) is 23.7 Å². The lowest BCUT2D eigenvalue weighted by Gasteiger charge is -2.14. The first-order valence-electron chi connectivity index (χ1n) is 7.85. The third-order valence-corrected chi connectivity index (χ3v) is 3.89. The molecule has 2 aromatic rings. The predicted octanol–water partition coefficient (Wildman–Crippen LogP) is 3.58. The zero-order chi connectivity index (χ0) is 20.0. The van der Waals surface area contributed by atoms with E-state index in [9.17, 15) is 19.7 Å². The summed E-state index contributed by atoms with van der Waals surface area (Å²) < 4.78 is 10.1. The molecule has 1 N–H and O–H groups in total. The van der Waals surface area contributed by atoms with E-state index in [0.717, 1.165) is 11.6 Å². The number of nitrogens with zero attached hydrogens (tertiary/aromatic N) is 1. The number of rotatable bonds is 7. The average Bonchev–Trinajstić information content (AvgIpc) is 2.63. The molecule has 0 aromatic heterocycles. The highest BCUT2D eigenvalue weighted by Crippen LogP contribution is 2.26. The van der Waals surface area contributed by atoms with Gasteiger partial charge in [0, 0.05) is 19.2 Å². The SMILES string of the molecule is COCc1ccc(C(=O)O[C@H](C)C(=O)Nc2ccc([N+](=O)[O-])cc2Cl)cc1. The summed E-state index contributed by atoms with van der Waals surface area (Å²) in [6, 6.07) is 10.2. The summed E-state index contributed by atoms with van der Waals surface area (Å²) in [4.78, 5) is 34.4. The molecule has 0 radical (unpaired) electrons. The number of ether oxygens (including phenoxy) is 2. The van der Waals surface area contributed by atoms with Crippen molar-refractivity contribution >= 4 is 34.9 Å². The van der Waals surface area contributed by atoms with Gasteiger partial charge >= 0.3 is 5.97 Å². The van der Waals surface area contributed by atoms with E-state index in [2.05, 4.69) is 5.32 Å². The first-order valence-corrected chi connectivity index (χ1v) is 8.23. The smallest absolute Gasteiger partial charge is 0.338 e. The van der Waals surface area contributed by atoms with Gasteiger partial charge in [0.1, 0.15) is 0 Å². The number of carbonyl (C=O) groups is 2. The van der Waals surface area contributed by atoms with Crippen molar-refractivity contribution in [2.75, 3.05) is 12.4 Å². The van der Waals surface area contributed by atoms with E-state index < -0.39 is 22.9 Å². The van der Waals surface area contributed by atoms with Crippen molar-refractivity contribution in [2.24, 2.45) is 0 Å². The van der Waals surface area contributed by atoms with Gasteiger partial charge in [-0.15, -0.1) is 0 Å². The van der Waals surface area contributed by atoms with Crippen LogP contribution in [0.15, 0.2) is 42.5 Å². The number of hydrogen-bond acceptors (Lipinski definition) is 6. The molecule has 1 amide bonds. The fourth-order valence-corrected chi connectivity index (χ4v) is 2.36. The topological polar surface area (TPSA) is 108 Å². The van der Waals surface area contributed by atoms with E-state index in [1.54, 1.807) is 31.4 Å². The normalized spacial score (nSPS) is 11.5. The molecule has 0 aliphatic carbocycles. The standard InChI is InChI=1S/C18H17ClN2O6/c1-11(27-18(23)13-5-3-12(4-6-13)10-26-2)17(22)20-16-8-7-14(21(24)25)9-15(16)19/h3-9,11H,10H2,1-2H3,(H,20,22)/t11-/m1/s1. The van der Waals surface area contributed by atoms with Crippen LogP contribution in [-0.2, 0) is 20.9 Å². The number of nitro groups is 1. The Labute approximate surface area is 160 Å². The van der Waals surface area contributed by atoms with Crippen molar-refractivity contribution < 1.29 is 24.0 Å². The first kappa shape index (κ1) is 20.3. The Morgan fingerprint density at radius 1 is 1.22 bits per heavy atom. The number of nitro benzene ring substituents is 1. The van der Waals surface area contributed by atoms with Gasteiger partial charge < -0.3 is 14.8 Å². The predicted molar refractivity (Wildman–Crippen MR) is 98.8 cm³/mol. The second-order valence-corrected chi connectivity index (χ2v) is 6.00. The summed E-state index contributed by atoms with van der Waals surface area (Å²) in [5.41, 5.74) is 1.17. The van der Waals surface area contributed by atoms with E-state index in [0.29, 0.717) is 12.2 Å². The molecule has 142 valence electrons. The molecule has 0 saturated heterocycles. The number of non-ortho nitro benzene ring substituents is 1. The van der Waals surface area contributed by atoms with E-state index in [1.165, 1.54) is 19.1 Å². The van der Waals surface area contributed by atoms with Crippen LogP contribution in [0.4, 0.5) is 11.4 Å². The molecule has 27 heavy (non-hydrogen) atoms. The Morgan fingerprint density at radius 2 is 1.89 bits per heavy atom. The van der Waals surface area contributed by atoms with Gasteiger partial charge in [-0.05, 0) is 30.7 Å². The van der Waals surface area contributed by atoms with Gasteiger partial charge in [0.25, 0.3) is 11.6 Å². The Morgan fingerprint density at radius 3 is 2.44 bits per heavy atom. The third kappa shape index (κ3) is 5.50. The molecule has 0 bridgehead atoms. The molecule has 2 aromatic carbocycles. The fourth-order valence-electron chi connectivity index (χ4n) is 2.14. The van der Waals surface area contributed by atoms with Gasteiger partial charge in [0.15, 0.2) is 6.10 Å². The Hall–Kier alpha value is -2.97. The van der Waals surface area contributed by atoms with Gasteiger partial charge in [-0.25, -0.2) is 4.79 Å². The van der Waals surface area contributed by atoms with Crippen LogP contribution in [0, 0.1) is 10.1 Å². The van der Waals surface area contributed by atoms with Crippen LogP contribution in [0.1, 0.15) is 22.8 Å². The number of amides is 1. The van der Waals surface area contributed by atoms with Crippen molar-refractivity contribution in [1.82, 2.24) is 0 Å². The summed E-state index contributed by atoms with van der Waals surface area (Å²) in [5, 5.41) is 13.2. The average molecular weight is 393 g/mol. The fraction of sp³-hybridized carbons (Fsp3) is 0.222. The molecule has 9 heteroatoms. The highest BCUT2D eigenvalue weighted by atomic mass is 35.5. The summed E-state index contributed by atoms with van der Waals surface area (Å²) in [6.45, 7) is 1.83. The van der Waals surface area contributed by atoms with Crippen LogP contribution in [0.5, 0.6) is 0 Å². The number of halogens is 1. The molecular weight excluding hydrogens is 376 g/mol. The molecule has 0 fully saturated rings. The Balaban J connectivity index is 1.98. The number of methoxy groups -OCH3 is 1. The molecule has 0 spiro atoms. The second kappa shape index (κ2) is 9.11. The number of nitrogens with one attached hydrogen (secondary N) is 1. The minimum absolute atomic E-state index is 0.00445. The molecule has 0 heterocycles. The van der Waals surface area contributed by atoms with E-state index in [-0.39, 0.29) is 16.4 Å². The van der Waals surface area contributed by atoms with Crippen molar-refractivity contribution in [3.05, 3.63) is 68.7 Å². The van der Waals surface area contributed by atoms with Gasteiger partial charge in [-0.3, -0.25) is 14.9 Å². The number of anilines is 1. The maximum atomic E-state index is 12.2. The van der Waals surface area contributed by atoms with Crippen molar-refractivity contribution in [3.8, 4) is 0 Å². The number of esters is 1. The lowest BCUT2D eigenvalue weighted by molar-refractivity contribution is -0.384. The largest absolute Gasteiger partial charge is 0.449 e. The minimum Gasteiger partial charge on any atom is -0.449 e. The summed E-state index contributed by atoms with van der Waals surface area (Å²) in [5.74, 6) is -1.27. The molecule has 0 aliphatic rings. The molecular formula is C18H17ClN2O6.